The Bertz CT molecular complexity index is 2120. The van der Waals surface area contributed by atoms with Crippen LogP contribution in [0.5, 0.6) is 11.5 Å². The van der Waals surface area contributed by atoms with Crippen LogP contribution in [0.2, 0.25) is 0 Å². The fourth-order valence-corrected chi connectivity index (χ4v) is 8.51. The number of carboxylic acids is 2. The summed E-state index contributed by atoms with van der Waals surface area (Å²) in [5, 5.41) is 59.0. The number of nitriles is 1. The number of nitrogens with zero attached hydrogens (tertiary/aromatic N) is 5. The molecule has 2 aliphatic heterocycles. The number of nitrogens with one attached hydrogen (secondary N) is 1. The van der Waals surface area contributed by atoms with Gasteiger partial charge in [-0.25, -0.2) is 14.6 Å². The van der Waals surface area contributed by atoms with Gasteiger partial charge >= 0.3 is 11.9 Å². The van der Waals surface area contributed by atoms with Crippen LogP contribution in [0.15, 0.2) is 64.6 Å². The van der Waals surface area contributed by atoms with Crippen molar-refractivity contribution in [1.82, 2.24) is 15.2 Å². The monoisotopic (exact) mass is 736 g/mol. The van der Waals surface area contributed by atoms with Crippen LogP contribution in [0.3, 0.4) is 0 Å². The summed E-state index contributed by atoms with van der Waals surface area (Å²) < 4.78 is 2.04. The first-order chi connectivity index (χ1) is 24.0. The highest BCUT2D eigenvalue weighted by Gasteiger charge is 2.57. The number of nitrogens with two attached hydrogens (primary N) is 1. The Hall–Kier alpha value is -5.71. The Morgan fingerprint density at radius 1 is 1.26 bits per heavy atom. The third kappa shape index (κ3) is 6.50. The van der Waals surface area contributed by atoms with E-state index < -0.39 is 76.0 Å². The second-order valence-corrected chi connectivity index (χ2v) is 14.0. The van der Waals surface area contributed by atoms with Gasteiger partial charge in [0.25, 0.3) is 10.7 Å². The zero-order chi connectivity index (χ0) is 35.7. The number of phenols is 2. The quantitative estimate of drug-likeness (QED) is 0.0321. The second kappa shape index (κ2) is 14.0. The number of thiophene rings is 1. The predicted octanol–water partition coefficient (Wildman–Crippen LogP) is 1.78. The lowest BCUT2D eigenvalue weighted by molar-refractivity contribution is -0.659. The highest BCUT2D eigenvalue weighted by Crippen LogP contribution is 2.41. The zero-order valence-electron chi connectivity index (χ0n) is 25.4. The van der Waals surface area contributed by atoms with E-state index in [0.29, 0.717) is 12.3 Å². The van der Waals surface area contributed by atoms with Crippen molar-refractivity contribution >= 4 is 79.2 Å². The number of hydrogen-bond donors (Lipinski definition) is 6. The molecule has 0 spiro atoms. The lowest BCUT2D eigenvalue weighted by Gasteiger charge is -2.53. The van der Waals surface area contributed by atoms with Crippen LogP contribution in [-0.2, 0) is 30.6 Å². The molecule has 256 valence electrons. The minimum atomic E-state index is -1.96. The number of carboxylic acid groups (broad SMARTS) is 2. The number of pyridine rings is 1. The molecule has 1 aromatic carbocycles. The molecule has 6 rings (SSSR count). The van der Waals surface area contributed by atoms with Crippen molar-refractivity contribution in [2.24, 2.45) is 11.1 Å². The van der Waals surface area contributed by atoms with E-state index in [1.165, 1.54) is 22.0 Å². The van der Waals surface area contributed by atoms with Crippen molar-refractivity contribution in [3.8, 4) is 17.6 Å². The summed E-state index contributed by atoms with van der Waals surface area (Å²) in [6, 6.07) is 7.08. The van der Waals surface area contributed by atoms with Crippen molar-refractivity contribution < 1.29 is 49.0 Å². The van der Waals surface area contributed by atoms with Crippen molar-refractivity contribution in [2.75, 3.05) is 11.5 Å². The molecule has 3 aromatic heterocycles. The lowest BCUT2D eigenvalue weighted by Crippen LogP contribution is -2.76. The van der Waals surface area contributed by atoms with Crippen LogP contribution >= 0.6 is 34.4 Å². The number of phenolic OH excluding ortho intramolecular Hbond substituents is 2. The molecule has 50 heavy (non-hydrogen) atoms. The van der Waals surface area contributed by atoms with Crippen LogP contribution in [0.1, 0.15) is 22.9 Å². The molecule has 3 unspecified atom stereocenters. The van der Waals surface area contributed by atoms with Gasteiger partial charge in [0, 0.05) is 28.7 Å². The molecular weight excluding hydrogens is 711 g/mol. The Balaban J connectivity index is 1.19. The van der Waals surface area contributed by atoms with Crippen molar-refractivity contribution in [2.45, 2.75) is 30.1 Å². The van der Waals surface area contributed by atoms with Gasteiger partial charge in [-0.15, -0.1) is 23.1 Å². The predicted molar refractivity (Wildman–Crippen MR) is 180 cm³/mol. The standard InChI is InChI=1S/C31H25N7O9S3/c32-11-17-9-16(10-19(39)23(17)40)24(30(45)46)47-36-20(18-13-50-31(33)34-18)25(41)35-21-26(42)38-22(29(43)44)15(12-49-28(21)38)4-2-7-37-6-1-3-14-5-8-48-27(14)37/h1-6,8-10,13,15,21-22,24,28H,7,12H2,(H6-,33,34,35,36,39,40,41,43,44,45,46)/p+1/b4-2+/t15?,21-,22?,24?,28-/m1/s1. The number of rotatable bonds is 11. The number of fused-ring (bicyclic) bond motifs is 2. The Labute approximate surface area is 294 Å². The number of oxime groups is 1. The maximum absolute atomic E-state index is 13.6. The van der Waals surface area contributed by atoms with Gasteiger partial charge < -0.3 is 41.2 Å². The summed E-state index contributed by atoms with van der Waals surface area (Å²) in [5.74, 6) is -6.14. The maximum atomic E-state index is 13.6. The number of benzene rings is 1. The summed E-state index contributed by atoms with van der Waals surface area (Å²) >= 11 is 3.84. The number of nitrogen functional groups attached to an aromatic ring is 1. The normalized spacial score (nSPS) is 20.9. The molecule has 0 bridgehead atoms. The minimum absolute atomic E-state index is 0.0417. The van der Waals surface area contributed by atoms with Gasteiger partial charge in [-0.05, 0) is 35.7 Å². The van der Waals surface area contributed by atoms with Gasteiger partial charge in [0.05, 0.1) is 10.9 Å². The van der Waals surface area contributed by atoms with Crippen molar-refractivity contribution in [1.29, 1.82) is 5.26 Å². The van der Waals surface area contributed by atoms with Gasteiger partial charge in [0.15, 0.2) is 35.1 Å². The van der Waals surface area contributed by atoms with E-state index in [2.05, 4.69) is 15.5 Å². The molecule has 0 saturated carbocycles. The van der Waals surface area contributed by atoms with E-state index in [4.69, 9.17) is 10.6 Å². The van der Waals surface area contributed by atoms with Crippen LogP contribution in [-0.4, -0.2) is 83.0 Å². The molecule has 0 aliphatic carbocycles. The number of β-lactam (4-membered cyclic amide) rings is 1. The molecule has 7 N–H and O–H groups in total. The van der Waals surface area contributed by atoms with Gasteiger partial charge in [-0.2, -0.15) is 9.83 Å². The molecule has 4 aromatic rings. The number of aliphatic carboxylic acids is 2. The number of amides is 2. The molecular formula is C31H26N7O9S3+. The van der Waals surface area contributed by atoms with E-state index >= 15 is 0 Å². The maximum Gasteiger partial charge on any atom is 0.352 e. The first kappa shape index (κ1) is 34.2. The van der Waals surface area contributed by atoms with E-state index in [0.717, 1.165) is 33.7 Å². The smallest absolute Gasteiger partial charge is 0.352 e. The average Bonchev–Trinajstić information content (AvgIpc) is 3.75. The third-order valence-corrected chi connectivity index (χ3v) is 11.0. The Morgan fingerprint density at radius 3 is 2.76 bits per heavy atom. The highest BCUT2D eigenvalue weighted by molar-refractivity contribution is 8.00. The lowest BCUT2D eigenvalue weighted by atomic mass is 9.93. The fourth-order valence-electron chi connectivity index (χ4n) is 5.59. The summed E-state index contributed by atoms with van der Waals surface area (Å²) in [5.41, 5.74) is 4.38. The number of hydrogen-bond acceptors (Lipinski definition) is 14. The van der Waals surface area contributed by atoms with Crippen molar-refractivity contribution in [3.05, 3.63) is 76.3 Å². The molecule has 5 heterocycles. The number of carbonyl (C=O) groups excluding carboxylic acids is 2. The molecule has 16 nitrogen and oxygen atoms in total. The number of thiazole rings is 1. The van der Waals surface area contributed by atoms with Crippen molar-refractivity contribution in [3.63, 3.8) is 0 Å². The molecule has 2 fully saturated rings. The SMILES string of the molecule is N#Cc1cc(C(O/N=C(\C(=O)N[C@@H]2C(=O)N3C(C(=O)O)C(/C=C/C[n+]4cccc5ccsc54)CS[C@H]23)c2csc(N)n2)C(=O)O)cc(O)c1O. The summed E-state index contributed by atoms with van der Waals surface area (Å²) in [6.07, 6.45) is 3.64. The molecule has 2 amide bonds. The summed E-state index contributed by atoms with van der Waals surface area (Å²) in [7, 11) is 0. The molecule has 2 aliphatic rings. The van der Waals surface area contributed by atoms with E-state index in [1.807, 2.05) is 40.4 Å². The van der Waals surface area contributed by atoms with Crippen LogP contribution in [0.25, 0.3) is 10.2 Å². The van der Waals surface area contributed by atoms with E-state index in [1.54, 1.807) is 23.5 Å². The Kier molecular flexibility index (Phi) is 9.59. The first-order valence-corrected chi connectivity index (χ1v) is 17.4. The molecule has 0 radical (unpaired) electrons. The number of allylic oxidation sites excluding steroid dienone is 1. The minimum Gasteiger partial charge on any atom is -0.504 e. The van der Waals surface area contributed by atoms with Gasteiger partial charge in [-0.1, -0.05) is 22.6 Å². The summed E-state index contributed by atoms with van der Waals surface area (Å²) in [4.78, 5) is 63.0. The zero-order valence-corrected chi connectivity index (χ0v) is 27.9. The third-order valence-electron chi connectivity index (χ3n) is 7.94. The number of aromatic hydroxyl groups is 2. The first-order valence-electron chi connectivity index (χ1n) is 14.6. The van der Waals surface area contributed by atoms with Gasteiger partial charge in [-0.3, -0.25) is 9.59 Å². The van der Waals surface area contributed by atoms with E-state index in [9.17, 15) is 44.9 Å². The molecule has 2 saturated heterocycles. The molecule has 5 atom stereocenters. The highest BCUT2D eigenvalue weighted by atomic mass is 32.2. The summed E-state index contributed by atoms with van der Waals surface area (Å²) in [6.45, 7) is 0.503. The molecule has 19 heteroatoms. The number of thioether (sulfide) groups is 1. The van der Waals surface area contributed by atoms with Crippen LogP contribution < -0.4 is 15.6 Å². The van der Waals surface area contributed by atoms with E-state index in [-0.39, 0.29) is 16.4 Å². The Morgan fingerprint density at radius 2 is 2.06 bits per heavy atom. The fraction of sp³-hybridized carbons (Fsp3) is 0.226. The van der Waals surface area contributed by atoms with Gasteiger partial charge in [0.2, 0.25) is 12.0 Å². The van der Waals surface area contributed by atoms with Gasteiger partial charge in [0.1, 0.15) is 29.2 Å². The second-order valence-electron chi connectivity index (χ2n) is 11.0. The largest absolute Gasteiger partial charge is 0.504 e. The number of aromatic nitrogens is 2. The van der Waals surface area contributed by atoms with Crippen LogP contribution in [0, 0.1) is 17.2 Å². The van der Waals surface area contributed by atoms with Crippen LogP contribution in [0.4, 0.5) is 5.13 Å². The number of carbonyl (C=O) groups is 4. The average molecular weight is 737 g/mol. The topological polar surface area (TPSA) is 253 Å². The number of anilines is 1.